The van der Waals surface area contributed by atoms with Gasteiger partial charge >= 0.3 is 0 Å². The van der Waals surface area contributed by atoms with Gasteiger partial charge in [0.1, 0.15) is 5.82 Å². The summed E-state index contributed by atoms with van der Waals surface area (Å²) in [5.74, 6) is 0.976. The van der Waals surface area contributed by atoms with Gasteiger partial charge in [0, 0.05) is 6.42 Å². The van der Waals surface area contributed by atoms with E-state index in [1.807, 2.05) is 22.8 Å². The Hall–Kier alpha value is -1.29. The van der Waals surface area contributed by atoms with E-state index in [4.69, 9.17) is 0 Å². The minimum Gasteiger partial charge on any atom is -0.302 e. The predicted molar refractivity (Wildman–Crippen MR) is 62.2 cm³/mol. The molecule has 3 nitrogen and oxygen atoms in total. The minimum absolute atomic E-state index is 0.677. The number of aryl methyl sites for hydroxylation is 1. The Labute approximate surface area is 94.6 Å². The summed E-state index contributed by atoms with van der Waals surface area (Å²) >= 11 is 4.29. The van der Waals surface area contributed by atoms with Crippen molar-refractivity contribution in [2.24, 2.45) is 0 Å². The van der Waals surface area contributed by atoms with Gasteiger partial charge in [-0.3, -0.25) is 0 Å². The van der Waals surface area contributed by atoms with E-state index in [1.165, 1.54) is 5.56 Å². The van der Waals surface area contributed by atoms with Crippen LogP contribution in [0.4, 0.5) is 0 Å². The molecule has 2 rings (SSSR count). The molecular formula is C11H13N3S. The Bertz CT molecular complexity index is 436. The molecule has 0 aliphatic heterocycles. The SMILES string of the molecule is CCc1nnc(S)n1Cc1ccccc1. The van der Waals surface area contributed by atoms with Crippen molar-refractivity contribution in [1.29, 1.82) is 0 Å². The van der Waals surface area contributed by atoms with Crippen molar-refractivity contribution in [3.8, 4) is 0 Å². The molecule has 1 aromatic carbocycles. The summed E-state index contributed by atoms with van der Waals surface area (Å²) in [5, 5.41) is 8.70. The van der Waals surface area contributed by atoms with Gasteiger partial charge in [-0.15, -0.1) is 22.8 Å². The molecule has 0 unspecified atom stereocenters. The second-order valence-electron chi connectivity index (χ2n) is 3.34. The maximum Gasteiger partial charge on any atom is 0.188 e. The lowest BCUT2D eigenvalue weighted by atomic mass is 10.2. The molecule has 1 aromatic heterocycles. The van der Waals surface area contributed by atoms with E-state index in [2.05, 4.69) is 41.9 Å². The molecule has 0 atom stereocenters. The van der Waals surface area contributed by atoms with Gasteiger partial charge in [0.25, 0.3) is 0 Å². The Balaban J connectivity index is 2.27. The van der Waals surface area contributed by atoms with E-state index in [9.17, 15) is 0 Å². The molecule has 0 aliphatic rings. The molecule has 15 heavy (non-hydrogen) atoms. The molecule has 0 radical (unpaired) electrons. The fraction of sp³-hybridized carbons (Fsp3) is 0.273. The Morgan fingerprint density at radius 1 is 1.20 bits per heavy atom. The molecule has 4 heteroatoms. The second-order valence-corrected chi connectivity index (χ2v) is 3.74. The van der Waals surface area contributed by atoms with Crippen LogP contribution >= 0.6 is 12.6 Å². The first-order valence-electron chi connectivity index (χ1n) is 4.96. The van der Waals surface area contributed by atoms with Crippen LogP contribution in [0.3, 0.4) is 0 Å². The van der Waals surface area contributed by atoms with Crippen LogP contribution < -0.4 is 0 Å². The fourth-order valence-corrected chi connectivity index (χ4v) is 1.75. The van der Waals surface area contributed by atoms with E-state index >= 15 is 0 Å². The largest absolute Gasteiger partial charge is 0.302 e. The van der Waals surface area contributed by atoms with Gasteiger partial charge < -0.3 is 4.57 Å². The molecule has 0 saturated carbocycles. The van der Waals surface area contributed by atoms with Crippen LogP contribution in [0.25, 0.3) is 0 Å². The van der Waals surface area contributed by atoms with E-state index < -0.39 is 0 Å². The van der Waals surface area contributed by atoms with Gasteiger partial charge in [-0.2, -0.15) is 0 Å². The average molecular weight is 219 g/mol. The zero-order chi connectivity index (χ0) is 10.7. The number of thiol groups is 1. The van der Waals surface area contributed by atoms with Crippen molar-refractivity contribution in [3.05, 3.63) is 41.7 Å². The minimum atomic E-state index is 0.677. The third-order valence-electron chi connectivity index (χ3n) is 2.31. The highest BCUT2D eigenvalue weighted by Crippen LogP contribution is 2.10. The van der Waals surface area contributed by atoms with Gasteiger partial charge in [-0.1, -0.05) is 37.3 Å². The third-order valence-corrected chi connectivity index (χ3v) is 2.64. The normalized spacial score (nSPS) is 10.5. The quantitative estimate of drug-likeness (QED) is 0.802. The topological polar surface area (TPSA) is 30.7 Å². The number of hydrogen-bond acceptors (Lipinski definition) is 3. The molecule has 1 heterocycles. The van der Waals surface area contributed by atoms with Crippen LogP contribution in [0.5, 0.6) is 0 Å². The molecule has 0 spiro atoms. The van der Waals surface area contributed by atoms with Crippen molar-refractivity contribution in [3.63, 3.8) is 0 Å². The number of hydrogen-bond donors (Lipinski definition) is 1. The molecule has 0 N–H and O–H groups in total. The van der Waals surface area contributed by atoms with E-state index in [1.54, 1.807) is 0 Å². The van der Waals surface area contributed by atoms with Gasteiger partial charge in [0.05, 0.1) is 6.54 Å². The number of aromatic nitrogens is 3. The van der Waals surface area contributed by atoms with Crippen molar-refractivity contribution in [1.82, 2.24) is 14.8 Å². The Morgan fingerprint density at radius 3 is 2.60 bits per heavy atom. The maximum absolute atomic E-state index is 4.29. The summed E-state index contributed by atoms with van der Waals surface area (Å²) < 4.78 is 2.03. The van der Waals surface area contributed by atoms with Crippen molar-refractivity contribution in [2.45, 2.75) is 25.0 Å². The van der Waals surface area contributed by atoms with Crippen LogP contribution in [0.1, 0.15) is 18.3 Å². The standard InChI is InChI=1S/C11H13N3S/c1-2-10-12-13-11(15)14(10)8-9-6-4-3-5-7-9/h3-7H,2,8H2,1H3,(H,13,15). The molecule has 0 saturated heterocycles. The van der Waals surface area contributed by atoms with Crippen molar-refractivity contribution >= 4 is 12.6 Å². The zero-order valence-corrected chi connectivity index (χ0v) is 9.48. The van der Waals surface area contributed by atoms with Gasteiger partial charge in [0.2, 0.25) is 0 Å². The van der Waals surface area contributed by atoms with Crippen molar-refractivity contribution < 1.29 is 0 Å². The fourth-order valence-electron chi connectivity index (χ4n) is 1.52. The van der Waals surface area contributed by atoms with Crippen LogP contribution in [0.15, 0.2) is 35.5 Å². The highest BCUT2D eigenvalue weighted by Gasteiger charge is 2.07. The first kappa shape index (κ1) is 10.2. The smallest absolute Gasteiger partial charge is 0.188 e. The molecule has 0 aliphatic carbocycles. The van der Waals surface area contributed by atoms with E-state index in [0.717, 1.165) is 18.8 Å². The molecule has 0 fully saturated rings. The van der Waals surface area contributed by atoms with Gasteiger partial charge in [0.15, 0.2) is 5.16 Å². The molecule has 2 aromatic rings. The Kier molecular flexibility index (Phi) is 3.06. The average Bonchev–Trinajstić information content (AvgIpc) is 2.62. The lowest BCUT2D eigenvalue weighted by Crippen LogP contribution is -2.04. The van der Waals surface area contributed by atoms with Crippen LogP contribution in [-0.2, 0) is 13.0 Å². The van der Waals surface area contributed by atoms with E-state index in [-0.39, 0.29) is 0 Å². The summed E-state index contributed by atoms with van der Waals surface area (Å²) in [6.45, 7) is 2.86. The monoisotopic (exact) mass is 219 g/mol. The summed E-state index contributed by atoms with van der Waals surface area (Å²) in [6.07, 6.45) is 0.875. The summed E-state index contributed by atoms with van der Waals surface area (Å²) in [7, 11) is 0. The number of nitrogens with zero attached hydrogens (tertiary/aromatic N) is 3. The summed E-state index contributed by atoms with van der Waals surface area (Å²) in [4.78, 5) is 0. The first-order chi connectivity index (χ1) is 7.31. The molecule has 0 bridgehead atoms. The van der Waals surface area contributed by atoms with Crippen molar-refractivity contribution in [2.75, 3.05) is 0 Å². The molecular weight excluding hydrogens is 206 g/mol. The molecule has 0 amide bonds. The van der Waals surface area contributed by atoms with Gasteiger partial charge in [-0.05, 0) is 5.56 Å². The lowest BCUT2D eigenvalue weighted by Gasteiger charge is -2.06. The molecule has 78 valence electrons. The highest BCUT2D eigenvalue weighted by atomic mass is 32.1. The Morgan fingerprint density at radius 2 is 1.93 bits per heavy atom. The van der Waals surface area contributed by atoms with Crippen LogP contribution in [0.2, 0.25) is 0 Å². The first-order valence-corrected chi connectivity index (χ1v) is 5.41. The lowest BCUT2D eigenvalue weighted by molar-refractivity contribution is 0.673. The van der Waals surface area contributed by atoms with E-state index in [0.29, 0.717) is 5.16 Å². The number of rotatable bonds is 3. The summed E-state index contributed by atoms with van der Waals surface area (Å²) in [6, 6.07) is 10.3. The second kappa shape index (κ2) is 4.49. The highest BCUT2D eigenvalue weighted by molar-refractivity contribution is 7.80. The zero-order valence-electron chi connectivity index (χ0n) is 8.59. The predicted octanol–water partition coefficient (Wildman–Crippen LogP) is 2.18. The van der Waals surface area contributed by atoms with Crippen LogP contribution in [0, 0.1) is 0 Å². The van der Waals surface area contributed by atoms with Crippen LogP contribution in [-0.4, -0.2) is 14.8 Å². The maximum atomic E-state index is 4.29. The third kappa shape index (κ3) is 2.21. The summed E-state index contributed by atoms with van der Waals surface area (Å²) in [5.41, 5.74) is 1.24. The van der Waals surface area contributed by atoms with Gasteiger partial charge in [-0.25, -0.2) is 0 Å². The number of benzene rings is 1.